The lowest BCUT2D eigenvalue weighted by Crippen LogP contribution is -1.96. The molecule has 0 unspecified atom stereocenters. The minimum atomic E-state index is -0.331. The van der Waals surface area contributed by atoms with Crippen LogP contribution in [0, 0.1) is 24.2 Å². The molecule has 0 saturated heterocycles. The molecule has 15 heavy (non-hydrogen) atoms. The van der Waals surface area contributed by atoms with Crippen LogP contribution in [0.5, 0.6) is 0 Å². The third-order valence-corrected chi connectivity index (χ3v) is 1.74. The lowest BCUT2D eigenvalue weighted by Gasteiger charge is -1.91. The molecule has 0 heterocycles. The maximum atomic E-state index is 10.8. The molecule has 0 fully saturated rings. The van der Waals surface area contributed by atoms with Crippen molar-refractivity contribution in [3.63, 3.8) is 0 Å². The molecular weight excluding hydrogens is 188 g/mol. The molecule has 1 aromatic rings. The fourth-order valence-electron chi connectivity index (χ4n) is 0.940. The van der Waals surface area contributed by atoms with Gasteiger partial charge in [0, 0.05) is 11.1 Å². The van der Waals surface area contributed by atoms with Crippen molar-refractivity contribution in [2.75, 3.05) is 7.11 Å². The van der Waals surface area contributed by atoms with Crippen molar-refractivity contribution in [2.45, 2.75) is 6.42 Å². The summed E-state index contributed by atoms with van der Waals surface area (Å²) in [7, 11) is 1.34. The van der Waals surface area contributed by atoms with Crippen LogP contribution in [-0.4, -0.2) is 13.1 Å². The fourth-order valence-corrected chi connectivity index (χ4v) is 0.940. The molecule has 0 aliphatic heterocycles. The Hall–Kier alpha value is -2.19. The van der Waals surface area contributed by atoms with E-state index < -0.39 is 0 Å². The standard InChI is InChI=1S/C13H10O2/c1-3-11-7-9-12(10-8-11)5-4-6-13(14)15-2/h1,7-10H,6H2,2H3. The molecule has 0 saturated carbocycles. The summed E-state index contributed by atoms with van der Waals surface area (Å²) in [6.45, 7) is 0. The number of esters is 1. The summed E-state index contributed by atoms with van der Waals surface area (Å²) in [6, 6.07) is 7.25. The van der Waals surface area contributed by atoms with Crippen molar-refractivity contribution in [1.29, 1.82) is 0 Å². The van der Waals surface area contributed by atoms with E-state index in [4.69, 9.17) is 6.42 Å². The van der Waals surface area contributed by atoms with E-state index in [1.54, 1.807) is 0 Å². The van der Waals surface area contributed by atoms with Crippen LogP contribution in [0.4, 0.5) is 0 Å². The SMILES string of the molecule is C#Cc1ccc(C#CCC(=O)OC)cc1. The highest BCUT2D eigenvalue weighted by Crippen LogP contribution is 2.01. The van der Waals surface area contributed by atoms with Crippen molar-refractivity contribution in [3.8, 4) is 24.2 Å². The molecule has 0 N–H and O–H groups in total. The molecule has 0 aromatic heterocycles. The van der Waals surface area contributed by atoms with E-state index in [-0.39, 0.29) is 12.4 Å². The monoisotopic (exact) mass is 198 g/mol. The van der Waals surface area contributed by atoms with Crippen LogP contribution in [0.1, 0.15) is 17.5 Å². The van der Waals surface area contributed by atoms with Gasteiger partial charge in [-0.25, -0.2) is 0 Å². The van der Waals surface area contributed by atoms with Gasteiger partial charge in [0.2, 0.25) is 0 Å². The maximum Gasteiger partial charge on any atom is 0.317 e. The van der Waals surface area contributed by atoms with E-state index in [1.165, 1.54) is 7.11 Å². The minimum Gasteiger partial charge on any atom is -0.468 e. The third-order valence-electron chi connectivity index (χ3n) is 1.74. The van der Waals surface area contributed by atoms with Crippen LogP contribution in [0.2, 0.25) is 0 Å². The lowest BCUT2D eigenvalue weighted by atomic mass is 10.1. The van der Waals surface area contributed by atoms with Crippen molar-refractivity contribution in [2.24, 2.45) is 0 Å². The molecule has 0 amide bonds. The average Bonchev–Trinajstić information content (AvgIpc) is 2.29. The smallest absolute Gasteiger partial charge is 0.317 e. The van der Waals surface area contributed by atoms with Gasteiger partial charge >= 0.3 is 5.97 Å². The van der Waals surface area contributed by atoms with Gasteiger partial charge in [-0.3, -0.25) is 4.79 Å². The summed E-state index contributed by atoms with van der Waals surface area (Å²) in [4.78, 5) is 10.8. The van der Waals surface area contributed by atoms with Gasteiger partial charge in [0.15, 0.2) is 0 Å². The van der Waals surface area contributed by atoms with Gasteiger partial charge in [-0.05, 0) is 24.3 Å². The predicted molar refractivity (Wildman–Crippen MR) is 57.9 cm³/mol. The molecule has 0 radical (unpaired) electrons. The Balaban J connectivity index is 2.65. The largest absolute Gasteiger partial charge is 0.468 e. The Morgan fingerprint density at radius 1 is 1.33 bits per heavy atom. The second-order valence-corrected chi connectivity index (χ2v) is 2.78. The highest BCUT2D eigenvalue weighted by Gasteiger charge is 1.93. The average molecular weight is 198 g/mol. The summed E-state index contributed by atoms with van der Waals surface area (Å²) in [6.07, 6.45) is 5.32. The number of carbonyl (C=O) groups is 1. The first-order valence-electron chi connectivity index (χ1n) is 4.38. The van der Waals surface area contributed by atoms with Crippen LogP contribution in [-0.2, 0) is 9.53 Å². The molecule has 1 aromatic carbocycles. The minimum absolute atomic E-state index is 0.105. The number of benzene rings is 1. The zero-order valence-electron chi connectivity index (χ0n) is 8.41. The molecule has 0 bridgehead atoms. The van der Waals surface area contributed by atoms with Crippen molar-refractivity contribution < 1.29 is 9.53 Å². The van der Waals surface area contributed by atoms with Crippen LogP contribution < -0.4 is 0 Å². The molecular formula is C13H10O2. The highest BCUT2D eigenvalue weighted by molar-refractivity contribution is 5.72. The Labute approximate surface area is 89.3 Å². The molecule has 2 nitrogen and oxygen atoms in total. The summed E-state index contributed by atoms with van der Waals surface area (Å²) in [5.41, 5.74) is 1.64. The van der Waals surface area contributed by atoms with Gasteiger partial charge in [-0.1, -0.05) is 17.8 Å². The summed E-state index contributed by atoms with van der Waals surface area (Å²) in [5, 5.41) is 0. The van der Waals surface area contributed by atoms with E-state index in [9.17, 15) is 4.79 Å². The van der Waals surface area contributed by atoms with E-state index in [0.29, 0.717) is 0 Å². The van der Waals surface area contributed by atoms with Gasteiger partial charge in [-0.15, -0.1) is 6.42 Å². The first kappa shape index (κ1) is 10.9. The van der Waals surface area contributed by atoms with E-state index in [2.05, 4.69) is 22.5 Å². The number of hydrogen-bond donors (Lipinski definition) is 0. The van der Waals surface area contributed by atoms with Gasteiger partial charge in [0.05, 0.1) is 7.11 Å². The topological polar surface area (TPSA) is 26.3 Å². The maximum absolute atomic E-state index is 10.8. The first-order chi connectivity index (χ1) is 7.26. The van der Waals surface area contributed by atoms with Gasteiger partial charge < -0.3 is 4.74 Å². The number of carbonyl (C=O) groups excluding carboxylic acids is 1. The van der Waals surface area contributed by atoms with E-state index in [1.807, 2.05) is 24.3 Å². The lowest BCUT2D eigenvalue weighted by molar-refractivity contribution is -0.139. The van der Waals surface area contributed by atoms with Gasteiger partial charge in [0.1, 0.15) is 6.42 Å². The number of rotatable bonds is 1. The molecule has 1 rings (SSSR count). The number of hydrogen-bond acceptors (Lipinski definition) is 2. The summed E-state index contributed by atoms with van der Waals surface area (Å²) < 4.78 is 4.46. The predicted octanol–water partition coefficient (Wildman–Crippen LogP) is 1.58. The number of ether oxygens (including phenoxy) is 1. The Bertz CT molecular complexity index is 438. The van der Waals surface area contributed by atoms with Crippen LogP contribution in [0.15, 0.2) is 24.3 Å². The van der Waals surface area contributed by atoms with Gasteiger partial charge in [-0.2, -0.15) is 0 Å². The van der Waals surface area contributed by atoms with Crippen LogP contribution >= 0.6 is 0 Å². The zero-order chi connectivity index (χ0) is 11.1. The molecule has 0 atom stereocenters. The van der Waals surface area contributed by atoms with E-state index >= 15 is 0 Å². The molecule has 0 aliphatic carbocycles. The molecule has 0 spiro atoms. The summed E-state index contributed by atoms with van der Waals surface area (Å²) in [5.74, 6) is 7.74. The van der Waals surface area contributed by atoms with Crippen LogP contribution in [0.3, 0.4) is 0 Å². The van der Waals surface area contributed by atoms with Crippen molar-refractivity contribution in [1.82, 2.24) is 0 Å². The second-order valence-electron chi connectivity index (χ2n) is 2.78. The van der Waals surface area contributed by atoms with E-state index in [0.717, 1.165) is 11.1 Å². The second kappa shape index (κ2) is 5.52. The molecule has 2 heteroatoms. The molecule has 74 valence electrons. The quantitative estimate of drug-likeness (QED) is 0.506. The zero-order valence-corrected chi connectivity index (χ0v) is 8.41. The summed E-state index contributed by atoms with van der Waals surface area (Å²) >= 11 is 0. The molecule has 0 aliphatic rings. The van der Waals surface area contributed by atoms with Crippen molar-refractivity contribution in [3.05, 3.63) is 35.4 Å². The number of terminal acetylenes is 1. The Morgan fingerprint density at radius 2 is 1.93 bits per heavy atom. The van der Waals surface area contributed by atoms with Crippen LogP contribution in [0.25, 0.3) is 0 Å². The normalized spacial score (nSPS) is 8.27. The number of methoxy groups -OCH3 is 1. The first-order valence-corrected chi connectivity index (χ1v) is 4.38. The Kier molecular flexibility index (Phi) is 4.01. The highest BCUT2D eigenvalue weighted by atomic mass is 16.5. The van der Waals surface area contributed by atoms with Gasteiger partial charge in [0.25, 0.3) is 0 Å². The van der Waals surface area contributed by atoms with Crippen molar-refractivity contribution >= 4 is 5.97 Å². The fraction of sp³-hybridized carbons (Fsp3) is 0.154. The Morgan fingerprint density at radius 3 is 2.47 bits per heavy atom. The third kappa shape index (κ3) is 3.58.